The van der Waals surface area contributed by atoms with Crippen LogP contribution in [0.4, 0.5) is 5.69 Å². The van der Waals surface area contributed by atoms with Crippen LogP contribution in [0.2, 0.25) is 0 Å². The predicted octanol–water partition coefficient (Wildman–Crippen LogP) is 2.20. The van der Waals surface area contributed by atoms with Gasteiger partial charge >= 0.3 is 0 Å². The fourth-order valence-corrected chi connectivity index (χ4v) is 2.77. The molecule has 5 nitrogen and oxygen atoms in total. The van der Waals surface area contributed by atoms with Crippen molar-refractivity contribution >= 4 is 21.6 Å². The van der Waals surface area contributed by atoms with Crippen molar-refractivity contribution in [3.05, 3.63) is 59.2 Å². The predicted molar refractivity (Wildman–Crippen MR) is 81.7 cm³/mol. The second-order valence-electron chi connectivity index (χ2n) is 4.81. The molecule has 2 aromatic rings. The number of rotatable bonds is 3. The number of hydrogen-bond donors (Lipinski definition) is 2. The highest BCUT2D eigenvalue weighted by molar-refractivity contribution is 7.89. The molecule has 0 aliphatic heterocycles. The van der Waals surface area contributed by atoms with Crippen LogP contribution >= 0.6 is 0 Å². The number of para-hydroxylation sites is 1. The van der Waals surface area contributed by atoms with Crippen LogP contribution in [0.15, 0.2) is 47.4 Å². The van der Waals surface area contributed by atoms with Gasteiger partial charge in [0.1, 0.15) is 4.90 Å². The van der Waals surface area contributed by atoms with Crippen LogP contribution < -0.4 is 10.5 Å². The Labute approximate surface area is 123 Å². The van der Waals surface area contributed by atoms with E-state index < -0.39 is 10.0 Å². The molecule has 0 aliphatic rings. The molecule has 0 unspecified atom stereocenters. The van der Waals surface area contributed by atoms with E-state index in [1.165, 1.54) is 12.1 Å². The lowest BCUT2D eigenvalue weighted by molar-refractivity contribution is 0.102. The van der Waals surface area contributed by atoms with Gasteiger partial charge in [0.25, 0.3) is 5.91 Å². The fourth-order valence-electron chi connectivity index (χ4n) is 2.08. The van der Waals surface area contributed by atoms with E-state index in [0.29, 0.717) is 5.56 Å². The van der Waals surface area contributed by atoms with Gasteiger partial charge in [-0.2, -0.15) is 0 Å². The van der Waals surface area contributed by atoms with Crippen molar-refractivity contribution in [2.75, 3.05) is 5.32 Å². The quantitative estimate of drug-likeness (QED) is 0.911. The number of anilines is 1. The summed E-state index contributed by atoms with van der Waals surface area (Å²) >= 11 is 0. The lowest BCUT2D eigenvalue weighted by Gasteiger charge is -2.11. The number of sulfonamides is 1. The standard InChI is InChI=1S/C15H16N2O3S/c1-10-7-8-12(11(2)9-10)15(18)17-13-5-3-4-6-14(13)21(16,19)20/h3-9H,1-2H3,(H,17,18)(H2,16,19,20). The number of hydrogen-bond acceptors (Lipinski definition) is 3. The number of carbonyl (C=O) groups excluding carboxylic acids is 1. The number of aryl methyl sites for hydroxylation is 2. The first kappa shape index (κ1) is 15.2. The molecule has 2 rings (SSSR count). The fraction of sp³-hybridized carbons (Fsp3) is 0.133. The van der Waals surface area contributed by atoms with Gasteiger partial charge in [-0.05, 0) is 37.6 Å². The first-order valence-corrected chi connectivity index (χ1v) is 7.84. The van der Waals surface area contributed by atoms with Crippen molar-refractivity contribution in [3.8, 4) is 0 Å². The Hall–Kier alpha value is -2.18. The third kappa shape index (κ3) is 3.48. The van der Waals surface area contributed by atoms with E-state index >= 15 is 0 Å². The second-order valence-corrected chi connectivity index (χ2v) is 6.34. The molecular formula is C15H16N2O3S. The van der Waals surface area contributed by atoms with Crippen molar-refractivity contribution < 1.29 is 13.2 Å². The van der Waals surface area contributed by atoms with Gasteiger partial charge in [-0.1, -0.05) is 29.8 Å². The van der Waals surface area contributed by atoms with Gasteiger partial charge in [0.05, 0.1) is 5.69 Å². The molecule has 0 radical (unpaired) electrons. The number of carbonyl (C=O) groups is 1. The molecule has 21 heavy (non-hydrogen) atoms. The van der Waals surface area contributed by atoms with Crippen molar-refractivity contribution in [2.24, 2.45) is 5.14 Å². The lowest BCUT2D eigenvalue weighted by atomic mass is 10.1. The number of nitrogens with one attached hydrogen (secondary N) is 1. The molecule has 1 amide bonds. The zero-order valence-corrected chi connectivity index (χ0v) is 12.6. The van der Waals surface area contributed by atoms with Crippen molar-refractivity contribution in [3.63, 3.8) is 0 Å². The monoisotopic (exact) mass is 304 g/mol. The highest BCUT2D eigenvalue weighted by atomic mass is 32.2. The Kier molecular flexibility index (Phi) is 4.11. The SMILES string of the molecule is Cc1ccc(C(=O)Nc2ccccc2S(N)(=O)=O)c(C)c1. The topological polar surface area (TPSA) is 89.3 Å². The minimum Gasteiger partial charge on any atom is -0.321 e. The smallest absolute Gasteiger partial charge is 0.255 e. The number of amides is 1. The van der Waals surface area contributed by atoms with Crippen LogP contribution in [0.3, 0.4) is 0 Å². The molecule has 0 bridgehead atoms. The van der Waals surface area contributed by atoms with Crippen molar-refractivity contribution in [1.29, 1.82) is 0 Å². The Morgan fingerprint density at radius 1 is 1.10 bits per heavy atom. The minimum absolute atomic E-state index is 0.108. The summed E-state index contributed by atoms with van der Waals surface area (Å²) in [7, 11) is -3.89. The van der Waals surface area contributed by atoms with Gasteiger partial charge in [-0.15, -0.1) is 0 Å². The van der Waals surface area contributed by atoms with E-state index in [2.05, 4.69) is 5.32 Å². The summed E-state index contributed by atoms with van der Waals surface area (Å²) in [5.41, 5.74) is 2.53. The normalized spacial score (nSPS) is 11.2. The molecular weight excluding hydrogens is 288 g/mol. The van der Waals surface area contributed by atoms with Gasteiger partial charge in [0.2, 0.25) is 10.0 Å². The molecule has 110 valence electrons. The summed E-state index contributed by atoms with van der Waals surface area (Å²) in [6.45, 7) is 3.76. The molecule has 0 saturated heterocycles. The number of nitrogens with two attached hydrogens (primary N) is 1. The van der Waals surface area contributed by atoms with Gasteiger partial charge in [0.15, 0.2) is 0 Å². The molecule has 0 heterocycles. The number of primary sulfonamides is 1. The maximum absolute atomic E-state index is 12.3. The minimum atomic E-state index is -3.89. The van der Waals surface area contributed by atoms with Crippen molar-refractivity contribution in [2.45, 2.75) is 18.7 Å². The van der Waals surface area contributed by atoms with Crippen LogP contribution in [0.25, 0.3) is 0 Å². The van der Waals surface area contributed by atoms with E-state index in [4.69, 9.17) is 5.14 Å². The molecule has 0 aromatic heterocycles. The highest BCUT2D eigenvalue weighted by Crippen LogP contribution is 2.21. The summed E-state index contributed by atoms with van der Waals surface area (Å²) in [5.74, 6) is -0.372. The molecule has 0 fully saturated rings. The summed E-state index contributed by atoms with van der Waals surface area (Å²) in [5, 5.41) is 7.74. The Morgan fingerprint density at radius 2 is 1.76 bits per heavy atom. The van der Waals surface area contributed by atoms with Gasteiger partial charge in [-0.25, -0.2) is 13.6 Å². The molecule has 0 saturated carbocycles. The molecule has 0 aliphatic carbocycles. The largest absolute Gasteiger partial charge is 0.321 e. The van der Waals surface area contributed by atoms with Crippen LogP contribution in [0.5, 0.6) is 0 Å². The van der Waals surface area contributed by atoms with Gasteiger partial charge < -0.3 is 5.32 Å². The Morgan fingerprint density at radius 3 is 2.38 bits per heavy atom. The third-order valence-electron chi connectivity index (χ3n) is 3.07. The Bertz CT molecular complexity index is 798. The molecule has 3 N–H and O–H groups in total. The van der Waals surface area contributed by atoms with Crippen LogP contribution in [0.1, 0.15) is 21.5 Å². The van der Waals surface area contributed by atoms with Gasteiger partial charge in [-0.3, -0.25) is 4.79 Å². The molecule has 6 heteroatoms. The maximum atomic E-state index is 12.3. The van der Waals surface area contributed by atoms with Gasteiger partial charge in [0, 0.05) is 5.56 Å². The van der Waals surface area contributed by atoms with E-state index in [1.807, 2.05) is 26.0 Å². The molecule has 0 spiro atoms. The first-order chi connectivity index (χ1) is 9.79. The van der Waals surface area contributed by atoms with E-state index in [9.17, 15) is 13.2 Å². The van der Waals surface area contributed by atoms with E-state index in [-0.39, 0.29) is 16.5 Å². The Balaban J connectivity index is 2.37. The molecule has 2 aromatic carbocycles. The average Bonchev–Trinajstić information content (AvgIpc) is 2.37. The average molecular weight is 304 g/mol. The zero-order chi connectivity index (χ0) is 15.6. The van der Waals surface area contributed by atoms with E-state index in [0.717, 1.165) is 11.1 Å². The number of benzene rings is 2. The lowest BCUT2D eigenvalue weighted by Crippen LogP contribution is -2.19. The zero-order valence-electron chi connectivity index (χ0n) is 11.8. The summed E-state index contributed by atoms with van der Waals surface area (Å²) < 4.78 is 23.0. The van der Waals surface area contributed by atoms with Crippen LogP contribution in [-0.4, -0.2) is 14.3 Å². The summed E-state index contributed by atoms with van der Waals surface area (Å²) in [6, 6.07) is 11.5. The summed E-state index contributed by atoms with van der Waals surface area (Å²) in [6.07, 6.45) is 0. The highest BCUT2D eigenvalue weighted by Gasteiger charge is 2.16. The summed E-state index contributed by atoms with van der Waals surface area (Å²) in [4.78, 5) is 12.2. The van der Waals surface area contributed by atoms with Crippen LogP contribution in [0, 0.1) is 13.8 Å². The first-order valence-electron chi connectivity index (χ1n) is 6.29. The molecule has 0 atom stereocenters. The second kappa shape index (κ2) is 5.67. The van der Waals surface area contributed by atoms with E-state index in [1.54, 1.807) is 18.2 Å². The van der Waals surface area contributed by atoms with Crippen molar-refractivity contribution in [1.82, 2.24) is 0 Å². The van der Waals surface area contributed by atoms with Crippen LogP contribution in [-0.2, 0) is 10.0 Å². The maximum Gasteiger partial charge on any atom is 0.255 e. The third-order valence-corrected chi connectivity index (χ3v) is 4.04.